The van der Waals surface area contributed by atoms with Gasteiger partial charge in [0.1, 0.15) is 24.4 Å². The molecule has 0 amide bonds. The van der Waals surface area contributed by atoms with Crippen molar-refractivity contribution in [1.29, 1.82) is 0 Å². The molecule has 0 saturated heterocycles. The first-order valence-corrected chi connectivity index (χ1v) is 26.8. The lowest BCUT2D eigenvalue weighted by atomic mass is 10.0. The molecule has 0 aliphatic rings. The number of rotatable bonds is 46. The van der Waals surface area contributed by atoms with Crippen LogP contribution in [-0.4, -0.2) is 28.9 Å². The van der Waals surface area contributed by atoms with E-state index in [1.165, 1.54) is 255 Å². The molecular formula is C55H98N2O4. The van der Waals surface area contributed by atoms with Gasteiger partial charge in [-0.25, -0.2) is 14.3 Å². The van der Waals surface area contributed by atoms with Crippen LogP contribution in [0.5, 0.6) is 11.5 Å². The Kier molecular flexibility index (Phi) is 38.3. The Balaban J connectivity index is 1.49. The summed E-state index contributed by atoms with van der Waals surface area (Å²) in [5, 5.41) is 0. The zero-order valence-corrected chi connectivity index (χ0v) is 40.4. The Labute approximate surface area is 377 Å². The van der Waals surface area contributed by atoms with Gasteiger partial charge < -0.3 is 14.2 Å². The van der Waals surface area contributed by atoms with Gasteiger partial charge in [-0.2, -0.15) is 0 Å². The van der Waals surface area contributed by atoms with Crippen LogP contribution < -0.4 is 9.47 Å². The zero-order valence-electron chi connectivity index (χ0n) is 40.4. The molecule has 0 atom stereocenters. The maximum Gasteiger partial charge on any atom is 0.419 e. The molecule has 0 unspecified atom stereocenters. The lowest BCUT2D eigenvalue weighted by Gasteiger charge is -2.13. The van der Waals surface area contributed by atoms with Gasteiger partial charge in [0.05, 0.1) is 13.2 Å². The van der Waals surface area contributed by atoms with Crippen LogP contribution in [0.3, 0.4) is 0 Å². The average Bonchev–Trinajstić information content (AvgIpc) is 3.82. The van der Waals surface area contributed by atoms with Crippen LogP contribution in [0.25, 0.3) is 0 Å². The second-order valence-corrected chi connectivity index (χ2v) is 18.5. The molecule has 0 radical (unpaired) electrons. The molecule has 0 spiro atoms. The summed E-state index contributed by atoms with van der Waals surface area (Å²) < 4.78 is 19.3. The standard InChI is InChI=1S/C55H98N2O4/c1-3-5-7-9-11-13-15-17-19-21-23-25-27-29-31-33-35-37-39-41-45-59-53-47-52(50-61-55(58)57-44-43-56-51-57)48-54(49-53)60-46-42-40-38-36-34-32-30-28-26-24-22-20-18-16-14-12-10-8-6-4-2/h43-44,47-49,51H,3-42,45-46,50H2,1-2H3. The third kappa shape index (κ3) is 34.6. The summed E-state index contributed by atoms with van der Waals surface area (Å²) in [6.07, 6.45) is 59.4. The minimum absolute atomic E-state index is 0.156. The minimum Gasteiger partial charge on any atom is -0.493 e. The second-order valence-electron chi connectivity index (χ2n) is 18.5. The van der Waals surface area contributed by atoms with E-state index in [-0.39, 0.29) is 6.61 Å². The number of carbonyl (C=O) groups excluding carboxylic acids is 1. The van der Waals surface area contributed by atoms with Gasteiger partial charge in [-0.1, -0.05) is 258 Å². The Bertz CT molecular complexity index is 1140. The topological polar surface area (TPSA) is 62.6 Å². The number of nitrogens with zero attached hydrogens (tertiary/aromatic N) is 2. The number of benzene rings is 1. The van der Waals surface area contributed by atoms with Crippen molar-refractivity contribution in [2.75, 3.05) is 13.2 Å². The van der Waals surface area contributed by atoms with E-state index in [1.54, 1.807) is 12.4 Å². The summed E-state index contributed by atoms with van der Waals surface area (Å²) in [5.41, 5.74) is 0.868. The fraction of sp³-hybridized carbons (Fsp3) is 0.818. The molecule has 1 aromatic heterocycles. The molecule has 0 saturated carbocycles. The molecule has 61 heavy (non-hydrogen) atoms. The summed E-state index contributed by atoms with van der Waals surface area (Å²) in [5.74, 6) is 1.57. The number of hydrogen-bond acceptors (Lipinski definition) is 5. The van der Waals surface area contributed by atoms with Gasteiger partial charge >= 0.3 is 6.09 Å². The third-order valence-corrected chi connectivity index (χ3v) is 12.6. The number of carbonyl (C=O) groups is 1. The van der Waals surface area contributed by atoms with Crippen molar-refractivity contribution < 1.29 is 19.0 Å². The predicted octanol–water partition coefficient (Wildman–Crippen LogP) is 18.5. The van der Waals surface area contributed by atoms with Crippen molar-refractivity contribution in [3.05, 3.63) is 42.5 Å². The van der Waals surface area contributed by atoms with Crippen LogP contribution in [0.4, 0.5) is 4.79 Å². The lowest BCUT2D eigenvalue weighted by molar-refractivity contribution is 0.141. The largest absolute Gasteiger partial charge is 0.493 e. The zero-order chi connectivity index (χ0) is 43.4. The Hall–Kier alpha value is -2.50. The second kappa shape index (κ2) is 42.8. The van der Waals surface area contributed by atoms with Crippen LogP contribution in [0.15, 0.2) is 36.9 Å². The van der Waals surface area contributed by atoms with Crippen LogP contribution in [0, 0.1) is 0 Å². The molecule has 352 valence electrons. The normalized spacial score (nSPS) is 11.4. The van der Waals surface area contributed by atoms with E-state index in [9.17, 15) is 4.79 Å². The van der Waals surface area contributed by atoms with Gasteiger partial charge in [0.15, 0.2) is 0 Å². The third-order valence-electron chi connectivity index (χ3n) is 12.6. The lowest BCUT2D eigenvalue weighted by Crippen LogP contribution is -2.11. The van der Waals surface area contributed by atoms with E-state index in [1.807, 2.05) is 18.2 Å². The van der Waals surface area contributed by atoms with Crippen molar-refractivity contribution in [1.82, 2.24) is 9.55 Å². The SMILES string of the molecule is CCCCCCCCCCCCCCCCCCCCCCOc1cc(COC(=O)n2ccnc2)cc(OCCCCCCCCCCCCCCCCCCCCCC)c1. The van der Waals surface area contributed by atoms with Crippen molar-refractivity contribution in [3.8, 4) is 11.5 Å². The van der Waals surface area contributed by atoms with Crippen LogP contribution >= 0.6 is 0 Å². The van der Waals surface area contributed by atoms with Crippen molar-refractivity contribution >= 4 is 6.09 Å². The first kappa shape index (κ1) is 54.6. The fourth-order valence-electron chi connectivity index (χ4n) is 8.56. The molecule has 0 aliphatic heterocycles. The van der Waals surface area contributed by atoms with Gasteiger partial charge in [0, 0.05) is 18.5 Å². The number of imidazole rings is 1. The highest BCUT2D eigenvalue weighted by Gasteiger charge is 2.09. The van der Waals surface area contributed by atoms with Gasteiger partial charge in [-0.3, -0.25) is 0 Å². The molecule has 6 nitrogen and oxygen atoms in total. The first-order chi connectivity index (χ1) is 30.2. The van der Waals surface area contributed by atoms with E-state index >= 15 is 0 Å². The van der Waals surface area contributed by atoms with Gasteiger partial charge in [-0.05, 0) is 30.5 Å². The van der Waals surface area contributed by atoms with E-state index in [0.717, 1.165) is 29.9 Å². The summed E-state index contributed by atoms with van der Waals surface area (Å²) in [6.45, 7) is 6.13. The molecule has 0 N–H and O–H groups in total. The van der Waals surface area contributed by atoms with Crippen LogP contribution in [0.2, 0.25) is 0 Å². The highest BCUT2D eigenvalue weighted by molar-refractivity contribution is 5.70. The molecule has 1 heterocycles. The van der Waals surface area contributed by atoms with Crippen LogP contribution in [0.1, 0.15) is 276 Å². The van der Waals surface area contributed by atoms with E-state index < -0.39 is 6.09 Å². The maximum atomic E-state index is 12.4. The van der Waals surface area contributed by atoms with Gasteiger partial charge in [0.2, 0.25) is 0 Å². The molecule has 6 heteroatoms. The Morgan fingerprint density at radius 3 is 1.00 bits per heavy atom. The Morgan fingerprint density at radius 2 is 0.721 bits per heavy atom. The molecular weight excluding hydrogens is 753 g/mol. The first-order valence-electron chi connectivity index (χ1n) is 26.8. The highest BCUT2D eigenvalue weighted by Crippen LogP contribution is 2.25. The summed E-state index contributed by atoms with van der Waals surface area (Å²) >= 11 is 0. The average molecular weight is 851 g/mol. The van der Waals surface area contributed by atoms with Crippen molar-refractivity contribution in [3.63, 3.8) is 0 Å². The smallest absolute Gasteiger partial charge is 0.419 e. The number of hydrogen-bond donors (Lipinski definition) is 0. The Morgan fingerprint density at radius 1 is 0.426 bits per heavy atom. The predicted molar refractivity (Wildman–Crippen MR) is 261 cm³/mol. The molecule has 0 fully saturated rings. The summed E-state index contributed by atoms with van der Waals surface area (Å²) in [7, 11) is 0. The van der Waals surface area contributed by atoms with Crippen LogP contribution in [-0.2, 0) is 11.3 Å². The molecule has 1 aromatic carbocycles. The van der Waals surface area contributed by atoms with Gasteiger partial charge in [0.25, 0.3) is 0 Å². The number of unbranched alkanes of at least 4 members (excludes halogenated alkanes) is 38. The number of aromatic nitrogens is 2. The van der Waals surface area contributed by atoms with E-state index in [2.05, 4.69) is 18.8 Å². The molecule has 2 aromatic rings. The van der Waals surface area contributed by atoms with E-state index in [4.69, 9.17) is 14.2 Å². The van der Waals surface area contributed by atoms with Crippen molar-refractivity contribution in [2.45, 2.75) is 277 Å². The highest BCUT2D eigenvalue weighted by atomic mass is 16.5. The fourth-order valence-corrected chi connectivity index (χ4v) is 8.56. The maximum absolute atomic E-state index is 12.4. The monoisotopic (exact) mass is 851 g/mol. The minimum atomic E-state index is -0.444. The quantitative estimate of drug-likeness (QED) is 0.0621. The summed E-state index contributed by atoms with van der Waals surface area (Å²) in [4.78, 5) is 16.4. The molecule has 2 rings (SSSR count). The van der Waals surface area contributed by atoms with Gasteiger partial charge in [-0.15, -0.1) is 0 Å². The number of ether oxygens (including phenoxy) is 3. The summed E-state index contributed by atoms with van der Waals surface area (Å²) in [6, 6.07) is 5.94. The van der Waals surface area contributed by atoms with E-state index in [0.29, 0.717) is 13.2 Å². The van der Waals surface area contributed by atoms with Crippen molar-refractivity contribution in [2.24, 2.45) is 0 Å². The molecule has 0 aliphatic carbocycles. The molecule has 0 bridgehead atoms.